The van der Waals surface area contributed by atoms with Crippen LogP contribution in [0, 0.1) is 12.8 Å². The fraction of sp³-hybridized carbons (Fsp3) is 0.536. The molecule has 0 saturated carbocycles. The summed E-state index contributed by atoms with van der Waals surface area (Å²) in [5, 5.41) is 0.463. The third kappa shape index (κ3) is 6.00. The van der Waals surface area contributed by atoms with E-state index in [2.05, 4.69) is 19.7 Å². The number of fused-ring (bicyclic) bond motifs is 2. The lowest BCUT2D eigenvalue weighted by Crippen LogP contribution is -2.53. The number of aromatic nitrogens is 1. The maximum Gasteiger partial charge on any atom is 0.416 e. The number of anilines is 3. The van der Waals surface area contributed by atoms with Crippen LogP contribution < -0.4 is 14.7 Å². The zero-order chi connectivity index (χ0) is 29.5. The Morgan fingerprint density at radius 1 is 1.02 bits per heavy atom. The van der Waals surface area contributed by atoms with Crippen molar-refractivity contribution in [2.75, 3.05) is 80.8 Å². The zero-order valence-electron chi connectivity index (χ0n) is 23.0. The molecule has 2 saturated heterocycles. The highest BCUT2D eigenvalue weighted by molar-refractivity contribution is 6.34. The molecule has 2 aromatic rings. The Morgan fingerprint density at radius 3 is 2.37 bits per heavy atom. The Morgan fingerprint density at radius 2 is 1.71 bits per heavy atom. The number of pyridine rings is 1. The Bertz CT molecular complexity index is 1300. The summed E-state index contributed by atoms with van der Waals surface area (Å²) in [6.07, 6.45) is -4.64. The van der Waals surface area contributed by atoms with Crippen molar-refractivity contribution >= 4 is 40.6 Å². The lowest BCUT2D eigenvalue weighted by atomic mass is 9.95. The number of hydrogen-bond donors (Lipinski definition) is 0. The summed E-state index contributed by atoms with van der Waals surface area (Å²) < 4.78 is 53.6. The van der Waals surface area contributed by atoms with E-state index in [4.69, 9.17) is 11.6 Å². The number of aryl methyl sites for hydroxylation is 1. The van der Waals surface area contributed by atoms with Crippen molar-refractivity contribution in [3.8, 4) is 0 Å². The van der Waals surface area contributed by atoms with E-state index < -0.39 is 35.5 Å². The molecule has 222 valence electrons. The van der Waals surface area contributed by atoms with Crippen LogP contribution in [0.5, 0.6) is 0 Å². The van der Waals surface area contributed by atoms with Gasteiger partial charge < -0.3 is 9.80 Å². The number of piperazine rings is 1. The van der Waals surface area contributed by atoms with Gasteiger partial charge in [-0.25, -0.2) is 9.37 Å². The lowest BCUT2D eigenvalue weighted by molar-refractivity contribution is -0.137. The number of nitrogens with zero attached hydrogens (tertiary/aromatic N) is 6. The van der Waals surface area contributed by atoms with E-state index in [0.717, 1.165) is 43.2 Å². The first-order chi connectivity index (χ1) is 19.5. The van der Waals surface area contributed by atoms with Crippen molar-refractivity contribution in [3.05, 3.63) is 46.6 Å². The molecule has 1 aromatic carbocycles. The topological polar surface area (TPSA) is 63.2 Å². The standard InChI is InChI=1S/C28H33ClF4N6O2/c1-18-14-20(28(31,32)33)16-23(34-18)39-24(40)15-19-17-38(13-12-37-10-8-36(7-6-30)9-11-37)26-21(29)4-3-5-22(26)35(2)27(41)25(19)39/h3-5,14,16,19,25H,6-13,15,17H2,1-2H3/t19-,25+/m1/s1. The van der Waals surface area contributed by atoms with E-state index >= 15 is 0 Å². The summed E-state index contributed by atoms with van der Waals surface area (Å²) in [6, 6.07) is 6.00. The van der Waals surface area contributed by atoms with Gasteiger partial charge >= 0.3 is 6.18 Å². The molecule has 3 aliphatic rings. The molecule has 41 heavy (non-hydrogen) atoms. The first kappa shape index (κ1) is 29.5. The average Bonchev–Trinajstić information content (AvgIpc) is 3.25. The average molecular weight is 597 g/mol. The Labute approximate surface area is 241 Å². The minimum absolute atomic E-state index is 0.0145. The van der Waals surface area contributed by atoms with Crippen molar-refractivity contribution in [1.29, 1.82) is 0 Å². The number of hydrogen-bond acceptors (Lipinski definition) is 6. The van der Waals surface area contributed by atoms with Gasteiger partial charge in [0.05, 0.1) is 22.0 Å². The van der Waals surface area contributed by atoms with Gasteiger partial charge in [-0.15, -0.1) is 0 Å². The molecule has 2 atom stereocenters. The monoisotopic (exact) mass is 596 g/mol. The smallest absolute Gasteiger partial charge is 0.367 e. The van der Waals surface area contributed by atoms with Gasteiger partial charge in [-0.3, -0.25) is 24.3 Å². The second-order valence-corrected chi connectivity index (χ2v) is 11.3. The molecule has 5 rings (SSSR count). The largest absolute Gasteiger partial charge is 0.416 e. The number of halogens is 5. The molecule has 3 aliphatic heterocycles. The first-order valence-corrected chi connectivity index (χ1v) is 14.1. The van der Waals surface area contributed by atoms with Crippen molar-refractivity contribution in [2.45, 2.75) is 25.6 Å². The van der Waals surface area contributed by atoms with Crippen LogP contribution in [0.15, 0.2) is 30.3 Å². The van der Waals surface area contributed by atoms with Crippen LogP contribution in [0.25, 0.3) is 0 Å². The number of carbonyl (C=O) groups is 2. The molecule has 1 aromatic heterocycles. The number of carbonyl (C=O) groups excluding carboxylic acids is 2. The van der Waals surface area contributed by atoms with Crippen LogP contribution in [0.4, 0.5) is 34.8 Å². The second kappa shape index (κ2) is 11.7. The molecule has 4 heterocycles. The number of benzene rings is 1. The predicted molar refractivity (Wildman–Crippen MR) is 149 cm³/mol. The molecule has 0 bridgehead atoms. The lowest BCUT2D eigenvalue weighted by Gasteiger charge is -2.40. The highest BCUT2D eigenvalue weighted by Gasteiger charge is 2.49. The van der Waals surface area contributed by atoms with E-state index in [1.807, 2.05) is 0 Å². The third-order valence-electron chi connectivity index (χ3n) is 8.18. The zero-order valence-corrected chi connectivity index (χ0v) is 23.8. The second-order valence-electron chi connectivity index (χ2n) is 10.8. The van der Waals surface area contributed by atoms with Crippen LogP contribution in [-0.4, -0.2) is 98.7 Å². The van der Waals surface area contributed by atoms with Crippen LogP contribution in [0.3, 0.4) is 0 Å². The van der Waals surface area contributed by atoms with Gasteiger partial charge in [-0.2, -0.15) is 13.2 Å². The summed E-state index contributed by atoms with van der Waals surface area (Å²) in [5.41, 5.74) is 0.413. The molecule has 0 N–H and O–H groups in total. The van der Waals surface area contributed by atoms with Crippen molar-refractivity contribution in [2.24, 2.45) is 5.92 Å². The maximum absolute atomic E-state index is 13.9. The number of para-hydroxylation sites is 1. The quantitative estimate of drug-likeness (QED) is 0.472. The Kier molecular flexibility index (Phi) is 8.45. The summed E-state index contributed by atoms with van der Waals surface area (Å²) in [7, 11) is 1.59. The summed E-state index contributed by atoms with van der Waals surface area (Å²) in [5.74, 6) is -1.54. The van der Waals surface area contributed by atoms with Gasteiger partial charge in [0, 0.05) is 77.4 Å². The molecule has 8 nitrogen and oxygen atoms in total. The molecule has 0 radical (unpaired) electrons. The highest BCUT2D eigenvalue weighted by Crippen LogP contribution is 2.42. The Balaban J connectivity index is 1.46. The van der Waals surface area contributed by atoms with Crippen LogP contribution in [0.1, 0.15) is 17.7 Å². The van der Waals surface area contributed by atoms with Gasteiger partial charge in [0.15, 0.2) is 0 Å². The minimum atomic E-state index is -4.63. The molecule has 0 unspecified atom stereocenters. The van der Waals surface area contributed by atoms with Crippen molar-refractivity contribution in [3.63, 3.8) is 0 Å². The SMILES string of the molecule is Cc1cc(C(F)(F)F)cc(N2C(=O)C[C@@H]3CN(CCN4CCN(CCF)CC4)c4c(Cl)cccc4N(C)C(=O)[C@H]32)n1. The maximum atomic E-state index is 13.9. The molecule has 13 heteroatoms. The fourth-order valence-corrected chi connectivity index (χ4v) is 6.37. The summed E-state index contributed by atoms with van der Waals surface area (Å²) in [6.45, 7) is 6.17. The van der Waals surface area contributed by atoms with E-state index in [1.54, 1.807) is 25.2 Å². The third-order valence-corrected chi connectivity index (χ3v) is 8.48. The number of likely N-dealkylation sites (N-methyl/N-ethyl adjacent to an activating group) is 1. The molecule has 0 aliphatic carbocycles. The van der Waals surface area contributed by atoms with Gasteiger partial charge in [0.2, 0.25) is 11.8 Å². The molecular weight excluding hydrogens is 564 g/mol. The number of amides is 2. The van der Waals surface area contributed by atoms with Gasteiger partial charge in [0.25, 0.3) is 0 Å². The van der Waals surface area contributed by atoms with Crippen molar-refractivity contribution in [1.82, 2.24) is 14.8 Å². The summed E-state index contributed by atoms with van der Waals surface area (Å²) in [4.78, 5) is 40.6. The predicted octanol–water partition coefficient (Wildman–Crippen LogP) is 3.85. The van der Waals surface area contributed by atoms with Crippen LogP contribution >= 0.6 is 11.6 Å². The summed E-state index contributed by atoms with van der Waals surface area (Å²) >= 11 is 6.70. The van der Waals surface area contributed by atoms with E-state index in [0.29, 0.717) is 42.6 Å². The number of rotatable bonds is 6. The Hall–Kier alpha value is -2.96. The normalized spacial score (nSPS) is 22.6. The van der Waals surface area contributed by atoms with Gasteiger partial charge in [-0.1, -0.05) is 17.7 Å². The number of alkyl halides is 4. The van der Waals surface area contributed by atoms with Gasteiger partial charge in [0.1, 0.15) is 18.5 Å². The fourth-order valence-electron chi connectivity index (χ4n) is 6.09. The van der Waals surface area contributed by atoms with Gasteiger partial charge in [-0.05, 0) is 31.2 Å². The van der Waals surface area contributed by atoms with E-state index in [-0.39, 0.29) is 24.6 Å². The molecule has 2 amide bonds. The van der Waals surface area contributed by atoms with Crippen LogP contribution in [0.2, 0.25) is 5.02 Å². The van der Waals surface area contributed by atoms with E-state index in [1.165, 1.54) is 11.8 Å². The van der Waals surface area contributed by atoms with Crippen molar-refractivity contribution < 1.29 is 27.2 Å². The molecule has 2 fully saturated rings. The molecular formula is C28H33ClF4N6O2. The van der Waals surface area contributed by atoms with E-state index in [9.17, 15) is 27.2 Å². The first-order valence-electron chi connectivity index (χ1n) is 13.7. The highest BCUT2D eigenvalue weighted by atomic mass is 35.5. The molecule has 0 spiro atoms. The minimum Gasteiger partial charge on any atom is -0.367 e. The van der Waals surface area contributed by atoms with Crippen LogP contribution in [-0.2, 0) is 15.8 Å².